The molecule has 8 N–H and O–H groups in total. The van der Waals surface area contributed by atoms with Crippen LogP contribution in [0.3, 0.4) is 0 Å². The van der Waals surface area contributed by atoms with Gasteiger partial charge in [0, 0.05) is 30.7 Å². The number of pyridine rings is 3. The van der Waals surface area contributed by atoms with Crippen LogP contribution in [0.15, 0.2) is 52.7 Å². The van der Waals surface area contributed by atoms with Crippen LogP contribution in [0.25, 0.3) is 11.0 Å². The number of rotatable bonds is 0. The average molecular weight is 430 g/mol. The number of nitrogens with zero attached hydrogens (tertiary/aromatic N) is 5. The van der Waals surface area contributed by atoms with E-state index in [1.807, 2.05) is 13.0 Å². The highest BCUT2D eigenvalue weighted by Crippen LogP contribution is 2.10. The van der Waals surface area contributed by atoms with Gasteiger partial charge in [0.25, 0.3) is 0 Å². The van der Waals surface area contributed by atoms with Crippen LogP contribution in [-0.2, 0) is 0 Å². The van der Waals surface area contributed by atoms with Gasteiger partial charge in [-0.05, 0) is 18.6 Å². The number of nitrogens with one attached hydrogen (secondary N) is 2. The maximum Gasteiger partial charge on any atom is 0.201 e. The number of nitriles is 2. The van der Waals surface area contributed by atoms with E-state index in [0.717, 1.165) is 5.56 Å². The number of aryl methyl sites for hydroxylation is 1. The van der Waals surface area contributed by atoms with Crippen molar-refractivity contribution in [2.75, 3.05) is 17.2 Å². The van der Waals surface area contributed by atoms with Crippen molar-refractivity contribution >= 4 is 28.5 Å². The van der Waals surface area contributed by atoms with Gasteiger partial charge in [-0.1, -0.05) is 0 Å². The first-order chi connectivity index (χ1) is 15.3. The lowest BCUT2D eigenvalue weighted by Gasteiger charge is -1.97. The number of nitrogen functional groups attached to an aromatic ring is 3. The molecule has 0 radical (unpaired) electrons. The van der Waals surface area contributed by atoms with Crippen molar-refractivity contribution in [3.63, 3.8) is 0 Å². The molecular formula is C20H18N10O2. The minimum absolute atomic E-state index is 0.0255. The van der Waals surface area contributed by atoms with E-state index >= 15 is 0 Å². The Morgan fingerprint density at radius 1 is 0.844 bits per heavy atom. The second kappa shape index (κ2) is 10.5. The Hall–Kier alpha value is -5.23. The Labute approximate surface area is 181 Å². The summed E-state index contributed by atoms with van der Waals surface area (Å²) in [5, 5.41) is 17.2. The molecule has 0 saturated heterocycles. The van der Waals surface area contributed by atoms with E-state index in [1.165, 1.54) is 30.9 Å². The number of H-pyrrole nitrogens is 2. The fourth-order valence-electron chi connectivity index (χ4n) is 2.37. The molecule has 0 bridgehead atoms. The van der Waals surface area contributed by atoms with Crippen molar-refractivity contribution in [1.82, 2.24) is 24.9 Å². The van der Waals surface area contributed by atoms with Crippen molar-refractivity contribution in [2.45, 2.75) is 6.92 Å². The molecule has 0 unspecified atom stereocenters. The molecule has 0 atom stereocenters. The smallest absolute Gasteiger partial charge is 0.201 e. The number of hydrogen-bond donors (Lipinski definition) is 5. The SMILES string of the molecule is Cc1ccnc(N)c1C#N.N#Cc1c(N)[nH]ccc1=O.Nc1ncnc2[nH]ccc(=O)c12. The lowest BCUT2D eigenvalue weighted by Crippen LogP contribution is -2.08. The zero-order chi connectivity index (χ0) is 23.7. The zero-order valence-corrected chi connectivity index (χ0v) is 16.8. The first kappa shape index (κ1) is 23.1. The third-order valence-electron chi connectivity index (χ3n) is 3.98. The average Bonchev–Trinajstić information content (AvgIpc) is 2.75. The number of nitrogens with two attached hydrogens (primary N) is 3. The number of aromatic nitrogens is 5. The van der Waals surface area contributed by atoms with Crippen LogP contribution in [0.2, 0.25) is 0 Å². The van der Waals surface area contributed by atoms with E-state index in [9.17, 15) is 9.59 Å². The number of anilines is 3. The lowest BCUT2D eigenvalue weighted by atomic mass is 10.2. The van der Waals surface area contributed by atoms with Gasteiger partial charge in [0.05, 0.1) is 5.56 Å². The molecule has 0 saturated carbocycles. The van der Waals surface area contributed by atoms with Crippen LogP contribution in [0.1, 0.15) is 16.7 Å². The molecule has 0 aliphatic rings. The van der Waals surface area contributed by atoms with Gasteiger partial charge in [-0.25, -0.2) is 15.0 Å². The molecule has 12 heteroatoms. The molecule has 4 aromatic heterocycles. The third kappa shape index (κ3) is 5.43. The zero-order valence-electron chi connectivity index (χ0n) is 16.8. The van der Waals surface area contributed by atoms with Crippen LogP contribution in [0.4, 0.5) is 17.5 Å². The highest BCUT2D eigenvalue weighted by molar-refractivity contribution is 5.84. The van der Waals surface area contributed by atoms with Crippen LogP contribution < -0.4 is 28.1 Å². The van der Waals surface area contributed by atoms with Gasteiger partial charge in [0.2, 0.25) is 5.43 Å². The molecule has 4 rings (SSSR count). The molecule has 4 aromatic rings. The molecule has 32 heavy (non-hydrogen) atoms. The summed E-state index contributed by atoms with van der Waals surface area (Å²) < 4.78 is 0. The molecular weight excluding hydrogens is 412 g/mol. The van der Waals surface area contributed by atoms with E-state index in [2.05, 4.69) is 24.9 Å². The summed E-state index contributed by atoms with van der Waals surface area (Å²) in [6, 6.07) is 8.08. The first-order valence-electron chi connectivity index (χ1n) is 8.86. The summed E-state index contributed by atoms with van der Waals surface area (Å²) in [5.74, 6) is 0.638. The van der Waals surface area contributed by atoms with Crippen molar-refractivity contribution in [1.29, 1.82) is 10.5 Å². The first-order valence-corrected chi connectivity index (χ1v) is 8.86. The topological polar surface area (TPSA) is 230 Å². The molecule has 0 spiro atoms. The molecule has 12 nitrogen and oxygen atoms in total. The summed E-state index contributed by atoms with van der Waals surface area (Å²) in [6.45, 7) is 1.83. The van der Waals surface area contributed by atoms with Gasteiger partial charge in [-0.15, -0.1) is 0 Å². The van der Waals surface area contributed by atoms with Crippen molar-refractivity contribution in [3.8, 4) is 12.1 Å². The van der Waals surface area contributed by atoms with E-state index in [4.69, 9.17) is 27.7 Å². The third-order valence-corrected chi connectivity index (χ3v) is 3.98. The Morgan fingerprint density at radius 2 is 1.50 bits per heavy atom. The van der Waals surface area contributed by atoms with Gasteiger partial charge in [-0.3, -0.25) is 9.59 Å². The molecule has 0 amide bonds. The Morgan fingerprint density at radius 3 is 2.03 bits per heavy atom. The molecule has 4 heterocycles. The molecule has 0 aliphatic carbocycles. The highest BCUT2D eigenvalue weighted by Gasteiger charge is 2.02. The fraction of sp³-hybridized carbons (Fsp3) is 0.0500. The molecule has 0 fully saturated rings. The standard InChI is InChI=1S/C7H6N4O.C7H7N3.C6H5N3O/c8-6-5-4(12)1-2-9-7(5)11-3-10-6;1-5-2-3-10-7(9)6(5)4-8;7-3-4-5(10)1-2-9-6(4)8/h1-3H,(H3,8,9,10,11,12);2-3H,1H3,(H2,9,10);1-2H,(H3,8,9,10). The van der Waals surface area contributed by atoms with E-state index in [-0.39, 0.29) is 28.1 Å². The molecule has 0 aliphatic heterocycles. The number of aromatic amines is 2. The Bertz CT molecular complexity index is 1420. The van der Waals surface area contributed by atoms with E-state index in [0.29, 0.717) is 22.4 Å². The van der Waals surface area contributed by atoms with E-state index < -0.39 is 0 Å². The highest BCUT2D eigenvalue weighted by atomic mass is 16.1. The van der Waals surface area contributed by atoms with Crippen molar-refractivity contribution in [3.05, 3.63) is 80.3 Å². The predicted octanol–water partition coefficient (Wildman–Crippen LogP) is 0.573. The summed E-state index contributed by atoms with van der Waals surface area (Å²) in [7, 11) is 0. The summed E-state index contributed by atoms with van der Waals surface area (Å²) >= 11 is 0. The van der Waals surface area contributed by atoms with Crippen LogP contribution in [-0.4, -0.2) is 24.9 Å². The minimum Gasteiger partial charge on any atom is -0.384 e. The van der Waals surface area contributed by atoms with Crippen LogP contribution >= 0.6 is 0 Å². The summed E-state index contributed by atoms with van der Waals surface area (Å²) in [5.41, 5.74) is 17.4. The predicted molar refractivity (Wildman–Crippen MR) is 119 cm³/mol. The fourth-order valence-corrected chi connectivity index (χ4v) is 2.37. The Kier molecular flexibility index (Phi) is 7.58. The molecule has 0 aromatic carbocycles. The summed E-state index contributed by atoms with van der Waals surface area (Å²) in [4.78, 5) is 38.7. The summed E-state index contributed by atoms with van der Waals surface area (Å²) in [6.07, 6.45) is 5.83. The number of fused-ring (bicyclic) bond motifs is 1. The van der Waals surface area contributed by atoms with Gasteiger partial charge >= 0.3 is 0 Å². The van der Waals surface area contributed by atoms with Gasteiger partial charge in [0.15, 0.2) is 5.43 Å². The Balaban J connectivity index is 0.000000171. The second-order valence-electron chi connectivity index (χ2n) is 6.07. The lowest BCUT2D eigenvalue weighted by molar-refractivity contribution is 1.18. The van der Waals surface area contributed by atoms with Gasteiger partial charge in [0.1, 0.15) is 52.5 Å². The van der Waals surface area contributed by atoms with Gasteiger partial charge in [-0.2, -0.15) is 10.5 Å². The normalized spacial score (nSPS) is 9.34. The number of hydrogen-bond acceptors (Lipinski definition) is 10. The van der Waals surface area contributed by atoms with Gasteiger partial charge < -0.3 is 27.2 Å². The maximum atomic E-state index is 11.2. The molecule has 160 valence electrons. The minimum atomic E-state index is -0.348. The largest absolute Gasteiger partial charge is 0.384 e. The van der Waals surface area contributed by atoms with E-state index in [1.54, 1.807) is 18.3 Å². The van der Waals surface area contributed by atoms with Crippen molar-refractivity contribution < 1.29 is 0 Å². The maximum absolute atomic E-state index is 11.2. The van der Waals surface area contributed by atoms with Crippen molar-refractivity contribution in [2.24, 2.45) is 0 Å². The van der Waals surface area contributed by atoms with Crippen LogP contribution in [0, 0.1) is 29.6 Å². The monoisotopic (exact) mass is 430 g/mol. The van der Waals surface area contributed by atoms with Crippen LogP contribution in [0.5, 0.6) is 0 Å². The second-order valence-corrected chi connectivity index (χ2v) is 6.07. The quantitative estimate of drug-likeness (QED) is 0.260.